The van der Waals surface area contributed by atoms with E-state index in [9.17, 15) is 4.79 Å². The predicted octanol–water partition coefficient (Wildman–Crippen LogP) is 6.17. The molecule has 0 spiro atoms. The van der Waals surface area contributed by atoms with Crippen LogP contribution in [0.4, 0.5) is 0 Å². The van der Waals surface area contributed by atoms with Gasteiger partial charge in [-0.15, -0.1) is 0 Å². The second-order valence-corrected chi connectivity index (χ2v) is 14.4. The van der Waals surface area contributed by atoms with Crippen molar-refractivity contribution in [3.63, 3.8) is 0 Å². The Kier molecular flexibility index (Phi) is 7.87. The van der Waals surface area contributed by atoms with E-state index in [1.54, 1.807) is 0 Å². The van der Waals surface area contributed by atoms with E-state index in [0.717, 1.165) is 19.7 Å². The van der Waals surface area contributed by atoms with Crippen LogP contribution in [0.5, 0.6) is 5.88 Å². The van der Waals surface area contributed by atoms with E-state index in [4.69, 9.17) is 29.6 Å². The first-order chi connectivity index (χ1) is 16.4. The fourth-order valence-corrected chi connectivity index (χ4v) is 11.4. The number of allylic oxidation sites excluding steroid dienone is 8. The summed E-state index contributed by atoms with van der Waals surface area (Å²) in [6.07, 6.45) is 14.6. The first-order valence-electron chi connectivity index (χ1n) is 11.6. The molecular weight excluding hydrogens is 484 g/mol. The van der Waals surface area contributed by atoms with Gasteiger partial charge in [0.2, 0.25) is 0 Å². The van der Waals surface area contributed by atoms with Crippen LogP contribution in [-0.2, 0) is 25.1 Å². The summed E-state index contributed by atoms with van der Waals surface area (Å²) in [5.41, 5.74) is 0.846. The van der Waals surface area contributed by atoms with Crippen molar-refractivity contribution in [2.45, 2.75) is 40.0 Å². The number of carbonyl (C=O) groups is 1. The summed E-state index contributed by atoms with van der Waals surface area (Å²) in [6.45, 7) is 6.24. The third-order valence-corrected chi connectivity index (χ3v) is 13.1. The van der Waals surface area contributed by atoms with E-state index in [0.29, 0.717) is 40.9 Å². The van der Waals surface area contributed by atoms with Crippen molar-refractivity contribution in [3.05, 3.63) is 79.7 Å². The average molecular weight is 513 g/mol. The van der Waals surface area contributed by atoms with Gasteiger partial charge in [-0.1, -0.05) is 0 Å². The molecule has 0 atom stereocenters. The molecule has 0 saturated heterocycles. The number of ether oxygens (including phenoxy) is 1. The van der Waals surface area contributed by atoms with Gasteiger partial charge in [0, 0.05) is 0 Å². The van der Waals surface area contributed by atoms with Gasteiger partial charge >= 0.3 is 211 Å². The summed E-state index contributed by atoms with van der Waals surface area (Å²) in [6, 6.07) is 9.70. The van der Waals surface area contributed by atoms with Crippen LogP contribution < -0.4 is 8.61 Å². The molecule has 0 saturated carbocycles. The van der Waals surface area contributed by atoms with Gasteiger partial charge in [-0.2, -0.15) is 0 Å². The Labute approximate surface area is 210 Å². The Balaban J connectivity index is 1.94. The number of hydrogen-bond donors (Lipinski definition) is 0. The van der Waals surface area contributed by atoms with Crippen molar-refractivity contribution in [3.8, 4) is 17.3 Å². The standard InChI is InChI=1S/C15H16ClN2O.2C5H5.C2H4O2.Ti/c1-11(2)8-9-19-14-10-13(16)17-15(18-14)12-6-4-3-5-7-12;2*1-2-4-5-3-1;1-2(3)4;/h3-7,11H,8-9H2,1-2H3;2*1-3H,4H2;1H3,(H,3,4);/q;;;;+1/p-1. The molecule has 1 heterocycles. The summed E-state index contributed by atoms with van der Waals surface area (Å²) >= 11 is 2.97. The van der Waals surface area contributed by atoms with Crippen LogP contribution in [0.1, 0.15) is 40.0 Å². The molecule has 0 radical (unpaired) electrons. The molecule has 2 aliphatic carbocycles. The Bertz CT molecular complexity index is 1160. The topological polar surface area (TPSA) is 61.3 Å². The molecular formula is C27H29ClN2O3Ti. The molecule has 0 bridgehead atoms. The predicted molar refractivity (Wildman–Crippen MR) is 133 cm³/mol. The number of aromatic nitrogens is 2. The van der Waals surface area contributed by atoms with Crippen LogP contribution in [0.25, 0.3) is 11.4 Å². The van der Waals surface area contributed by atoms with Crippen LogP contribution in [0, 0.1) is 5.92 Å². The minimum absolute atomic E-state index is 0.287. The molecule has 1 aromatic heterocycles. The van der Waals surface area contributed by atoms with Gasteiger partial charge in [-0.3, -0.25) is 0 Å². The molecule has 2 aliphatic rings. The maximum absolute atomic E-state index is 12.6. The van der Waals surface area contributed by atoms with E-state index in [2.05, 4.69) is 38.2 Å². The van der Waals surface area contributed by atoms with Gasteiger partial charge in [-0.05, 0) is 0 Å². The van der Waals surface area contributed by atoms with Crippen LogP contribution in [0.3, 0.4) is 0 Å². The van der Waals surface area contributed by atoms with Crippen molar-refractivity contribution in [1.82, 2.24) is 9.97 Å². The zero-order valence-electron chi connectivity index (χ0n) is 19.8. The molecule has 1 aromatic carbocycles. The number of rotatable bonds is 9. The van der Waals surface area contributed by atoms with Crippen LogP contribution >= 0.6 is 11.6 Å². The van der Waals surface area contributed by atoms with Crippen LogP contribution in [0.2, 0.25) is 5.15 Å². The van der Waals surface area contributed by atoms with Gasteiger partial charge in [0.05, 0.1) is 0 Å². The second-order valence-electron chi connectivity index (χ2n) is 8.84. The van der Waals surface area contributed by atoms with Crippen molar-refractivity contribution in [1.29, 1.82) is 0 Å². The first-order valence-corrected chi connectivity index (χ1v) is 15.0. The average Bonchev–Trinajstić information content (AvgIpc) is 3.53. The molecule has 7 heteroatoms. The van der Waals surface area contributed by atoms with E-state index >= 15 is 0 Å². The number of nitrogens with zero attached hydrogens (tertiary/aromatic N) is 2. The second kappa shape index (κ2) is 10.9. The van der Waals surface area contributed by atoms with E-state index < -0.39 is 17.0 Å². The Morgan fingerprint density at radius 2 is 1.71 bits per heavy atom. The molecule has 0 N–H and O–H groups in total. The zero-order valence-corrected chi connectivity index (χ0v) is 22.1. The molecule has 0 amide bonds. The Morgan fingerprint density at radius 1 is 1.06 bits per heavy atom. The molecule has 34 heavy (non-hydrogen) atoms. The van der Waals surface area contributed by atoms with Gasteiger partial charge in [0.15, 0.2) is 0 Å². The summed E-state index contributed by atoms with van der Waals surface area (Å²) < 4.78 is 15.5. The van der Waals surface area contributed by atoms with Crippen molar-refractivity contribution < 1.29 is 29.8 Å². The summed E-state index contributed by atoms with van der Waals surface area (Å²) in [4.78, 5) is 22.1. The zero-order chi connectivity index (χ0) is 24.1. The van der Waals surface area contributed by atoms with Gasteiger partial charge in [0.1, 0.15) is 0 Å². The molecule has 0 fully saturated rings. The normalized spacial score (nSPS) is 15.0. The maximum atomic E-state index is 12.6. The number of halogens is 1. The summed E-state index contributed by atoms with van der Waals surface area (Å²) in [7, 11) is 0. The fraction of sp³-hybridized carbons (Fsp3) is 0.296. The van der Waals surface area contributed by atoms with Crippen LogP contribution in [0.15, 0.2) is 74.5 Å². The molecule has 5 nitrogen and oxygen atoms in total. The monoisotopic (exact) mass is 512 g/mol. The number of hydrogen-bond acceptors (Lipinski definition) is 5. The summed E-state index contributed by atoms with van der Waals surface area (Å²) in [5.74, 6) is 1.04. The Hall–Kier alpha value is -2.47. The van der Waals surface area contributed by atoms with Crippen molar-refractivity contribution >= 4 is 21.4 Å². The molecule has 0 unspecified atom stereocenters. The first kappa shape index (κ1) is 24.7. The van der Waals surface area contributed by atoms with Crippen molar-refractivity contribution in [2.75, 3.05) is 6.61 Å². The SMILES string of the molecule is CC(=O)[O][Ti]([C]1=CC=CC1)([C]1=CC=CC1)[c]1c(Cl)nc(-c2ccccc2)nc1OCCC(C)C. The molecule has 4 rings (SSSR count). The Morgan fingerprint density at radius 3 is 2.24 bits per heavy atom. The van der Waals surface area contributed by atoms with E-state index in [-0.39, 0.29) is 11.1 Å². The summed E-state index contributed by atoms with van der Waals surface area (Å²) in [5, 5.41) is 0.287. The minimum atomic E-state index is -4.01. The van der Waals surface area contributed by atoms with Gasteiger partial charge < -0.3 is 0 Å². The van der Waals surface area contributed by atoms with Crippen molar-refractivity contribution in [2.24, 2.45) is 5.92 Å². The third-order valence-electron chi connectivity index (χ3n) is 5.89. The molecule has 2 aromatic rings. The van der Waals surface area contributed by atoms with Crippen LogP contribution in [-0.4, -0.2) is 22.5 Å². The quantitative estimate of drug-likeness (QED) is 0.297. The van der Waals surface area contributed by atoms with Gasteiger partial charge in [-0.25, -0.2) is 0 Å². The third kappa shape index (κ3) is 5.12. The van der Waals surface area contributed by atoms with E-state index in [1.165, 1.54) is 6.92 Å². The molecule has 176 valence electrons. The number of benzene rings is 1. The fourth-order valence-electron chi connectivity index (χ4n) is 4.26. The number of carbonyl (C=O) groups excluding carboxylic acids is 1. The van der Waals surface area contributed by atoms with E-state index in [1.807, 2.05) is 42.5 Å². The molecule has 0 aliphatic heterocycles. The van der Waals surface area contributed by atoms with Gasteiger partial charge in [0.25, 0.3) is 0 Å².